The second kappa shape index (κ2) is 14.2. The Morgan fingerprint density at radius 3 is 1.90 bits per heavy atom. The van der Waals surface area contributed by atoms with Crippen molar-refractivity contribution in [2.24, 2.45) is 0 Å². The molecule has 0 amide bonds. The van der Waals surface area contributed by atoms with Crippen molar-refractivity contribution in [3.8, 4) is 16.9 Å². The molecule has 10 aromatic rings. The zero-order chi connectivity index (χ0) is 47.6. The molecule has 0 atom stereocenters. The summed E-state index contributed by atoms with van der Waals surface area (Å²) in [5.41, 5.74) is 27.1. The average molecular weight is 896 g/mol. The Labute approximate surface area is 406 Å². The maximum Gasteiger partial charge on any atom is 0.252 e. The number of rotatable bonds is 4. The lowest BCUT2D eigenvalue weighted by atomic mass is 9.33. The first-order valence-corrected chi connectivity index (χ1v) is 24.8. The van der Waals surface area contributed by atoms with Gasteiger partial charge < -0.3 is 18.8 Å². The van der Waals surface area contributed by atoms with E-state index in [9.17, 15) is 0 Å². The molecule has 0 bridgehead atoms. The molecular weight excluding hydrogens is 838 g/mol. The summed E-state index contributed by atoms with van der Waals surface area (Å²) in [4.78, 5) is 5.10. The number of anilines is 6. The maximum atomic E-state index is 6.67. The largest absolute Gasteiger partial charge is 0.456 e. The number of furan rings is 1. The van der Waals surface area contributed by atoms with E-state index in [2.05, 4.69) is 242 Å². The Balaban J connectivity index is 1.14. The van der Waals surface area contributed by atoms with E-state index in [4.69, 9.17) is 4.42 Å². The van der Waals surface area contributed by atoms with E-state index in [1.54, 1.807) is 0 Å². The van der Waals surface area contributed by atoms with Gasteiger partial charge in [-0.3, -0.25) is 0 Å². The van der Waals surface area contributed by atoms with Crippen molar-refractivity contribution in [2.75, 3.05) is 9.80 Å². The van der Waals surface area contributed by atoms with Crippen LogP contribution in [0.2, 0.25) is 0 Å². The lowest BCUT2D eigenvalue weighted by molar-refractivity contribution is 0.590. The lowest BCUT2D eigenvalue weighted by Crippen LogP contribution is -2.60. The van der Waals surface area contributed by atoms with Crippen molar-refractivity contribution in [3.05, 3.63) is 191 Å². The van der Waals surface area contributed by atoms with Gasteiger partial charge in [0.1, 0.15) is 11.2 Å². The monoisotopic (exact) mass is 895 g/mol. The van der Waals surface area contributed by atoms with Crippen molar-refractivity contribution in [3.63, 3.8) is 0 Å². The molecule has 4 heterocycles. The molecule has 0 fully saturated rings. The van der Waals surface area contributed by atoms with Crippen LogP contribution in [0.25, 0.3) is 49.8 Å². The highest BCUT2D eigenvalue weighted by Crippen LogP contribution is 2.55. The van der Waals surface area contributed by atoms with E-state index >= 15 is 0 Å². The topological polar surface area (TPSA) is 24.6 Å². The van der Waals surface area contributed by atoms with Crippen LogP contribution in [0.1, 0.15) is 94.3 Å². The fraction of sp³-hybridized carbons (Fsp3) is 0.219. The molecule has 338 valence electrons. The van der Waals surface area contributed by atoms with Crippen LogP contribution < -0.4 is 26.2 Å². The van der Waals surface area contributed by atoms with Crippen LogP contribution in [0.4, 0.5) is 34.1 Å². The number of hydrogen-bond acceptors (Lipinski definition) is 3. The summed E-state index contributed by atoms with van der Waals surface area (Å²) in [5, 5.41) is 3.58. The minimum atomic E-state index is -0.159. The van der Waals surface area contributed by atoms with Crippen molar-refractivity contribution in [2.45, 2.75) is 92.4 Å². The number of hydrogen-bond donors (Lipinski definition) is 0. The molecule has 69 heavy (non-hydrogen) atoms. The van der Waals surface area contributed by atoms with E-state index in [1.165, 1.54) is 106 Å². The number of benzene rings is 8. The second-order valence-corrected chi connectivity index (χ2v) is 22.8. The summed E-state index contributed by atoms with van der Waals surface area (Å²) in [6, 6.07) is 57.7. The molecule has 1 aliphatic carbocycles. The molecule has 3 aliphatic rings. The van der Waals surface area contributed by atoms with Crippen LogP contribution in [0.5, 0.6) is 0 Å². The molecule has 2 aliphatic heterocycles. The second-order valence-electron chi connectivity index (χ2n) is 22.8. The summed E-state index contributed by atoms with van der Waals surface area (Å²) in [5.74, 6) is 0. The van der Waals surface area contributed by atoms with Gasteiger partial charge in [0.2, 0.25) is 0 Å². The molecule has 5 heteroatoms. The molecule has 0 saturated carbocycles. The van der Waals surface area contributed by atoms with E-state index in [0.717, 1.165) is 33.3 Å². The van der Waals surface area contributed by atoms with Gasteiger partial charge in [-0.25, -0.2) is 0 Å². The zero-order valence-electron chi connectivity index (χ0n) is 41.8. The zero-order valence-corrected chi connectivity index (χ0v) is 41.8. The average Bonchev–Trinajstić information content (AvgIpc) is 3.95. The van der Waals surface area contributed by atoms with Crippen LogP contribution in [0, 0.1) is 20.8 Å². The molecule has 2 aromatic heterocycles. The Bertz CT molecular complexity index is 3790. The van der Waals surface area contributed by atoms with E-state index in [-0.39, 0.29) is 23.0 Å². The van der Waals surface area contributed by atoms with Crippen LogP contribution in [-0.4, -0.2) is 11.3 Å². The maximum absolute atomic E-state index is 6.67. The van der Waals surface area contributed by atoms with Crippen molar-refractivity contribution in [1.82, 2.24) is 4.57 Å². The van der Waals surface area contributed by atoms with E-state index in [0.29, 0.717) is 0 Å². The van der Waals surface area contributed by atoms with Crippen LogP contribution in [-0.2, 0) is 16.2 Å². The van der Waals surface area contributed by atoms with Gasteiger partial charge in [-0.15, -0.1) is 0 Å². The molecule has 8 aromatic carbocycles. The van der Waals surface area contributed by atoms with Crippen molar-refractivity contribution < 1.29 is 4.42 Å². The predicted molar refractivity (Wildman–Crippen MR) is 294 cm³/mol. The lowest BCUT2D eigenvalue weighted by Gasteiger charge is -2.41. The minimum absolute atomic E-state index is 0.00478. The number of fused-ring (bicyclic) bond motifs is 12. The normalized spacial score (nSPS) is 14.4. The quantitative estimate of drug-likeness (QED) is 0.165. The first-order valence-electron chi connectivity index (χ1n) is 24.8. The summed E-state index contributed by atoms with van der Waals surface area (Å²) in [7, 11) is 0. The molecular formula is C64H58BN3O. The van der Waals surface area contributed by atoms with Gasteiger partial charge >= 0.3 is 0 Å². The fourth-order valence-corrected chi connectivity index (χ4v) is 12.6. The molecule has 0 unspecified atom stereocenters. The van der Waals surface area contributed by atoms with Gasteiger partial charge in [0.25, 0.3) is 6.71 Å². The van der Waals surface area contributed by atoms with Gasteiger partial charge in [0.15, 0.2) is 0 Å². The predicted octanol–water partition coefficient (Wildman–Crippen LogP) is 15.4. The standard InChI is InChI=1S/C64H58BN3O/c1-37-32-53-59-54(33-37)68-60-45(58-61(68)43-18-12-14-21-46(43)64(58,10)11)20-16-22-48(60)65(59)47-29-28-42(36-52(47)67(53)51-23-17-25-56-57(51)44-19-13-15-24-55(44)69-56)66(49-30-26-40(34-38(49)2)62(4,5)6)50-31-27-41(35-39(50)3)63(7,8)9/h12-36H,1-11H3. The highest BCUT2D eigenvalue weighted by molar-refractivity contribution is 7.00. The Hall–Kier alpha value is -7.24. The summed E-state index contributed by atoms with van der Waals surface area (Å²) < 4.78 is 9.32. The third-order valence-corrected chi connectivity index (χ3v) is 15.9. The Morgan fingerprint density at radius 1 is 0.551 bits per heavy atom. The van der Waals surface area contributed by atoms with Gasteiger partial charge in [0, 0.05) is 61.4 Å². The molecule has 0 saturated heterocycles. The Kier molecular flexibility index (Phi) is 8.61. The van der Waals surface area contributed by atoms with Gasteiger partial charge in [-0.05, 0) is 142 Å². The fourth-order valence-electron chi connectivity index (χ4n) is 12.6. The van der Waals surface area contributed by atoms with Crippen LogP contribution in [0.3, 0.4) is 0 Å². The molecule has 0 radical (unpaired) electrons. The number of para-hydroxylation sites is 2. The minimum Gasteiger partial charge on any atom is -0.456 e. The first-order chi connectivity index (χ1) is 33.0. The smallest absolute Gasteiger partial charge is 0.252 e. The summed E-state index contributed by atoms with van der Waals surface area (Å²) in [6.45, 7) is 25.5. The first kappa shape index (κ1) is 41.9. The SMILES string of the molecule is Cc1cc2c3c(c1)-n1c4c(c5cccc(c51)B3c1ccc(N(c3ccc(C(C)(C)C)cc3C)c3ccc(C(C)(C)C)cc3C)cc1N2c1cccc2oc3ccccc3c12)C(C)(C)c1ccccc1-4. The van der Waals surface area contributed by atoms with Crippen LogP contribution >= 0.6 is 0 Å². The number of aromatic nitrogens is 1. The van der Waals surface area contributed by atoms with Crippen molar-refractivity contribution in [1.29, 1.82) is 0 Å². The summed E-state index contributed by atoms with van der Waals surface area (Å²) in [6.07, 6.45) is 0. The Morgan fingerprint density at radius 2 is 1.19 bits per heavy atom. The third-order valence-electron chi connectivity index (χ3n) is 15.9. The third kappa shape index (κ3) is 5.83. The van der Waals surface area contributed by atoms with Gasteiger partial charge in [0.05, 0.1) is 16.8 Å². The number of nitrogens with zero attached hydrogens (tertiary/aromatic N) is 3. The van der Waals surface area contributed by atoms with Crippen LogP contribution in [0.15, 0.2) is 156 Å². The van der Waals surface area contributed by atoms with Gasteiger partial charge in [-0.2, -0.15) is 0 Å². The van der Waals surface area contributed by atoms with Crippen molar-refractivity contribution >= 4 is 90.1 Å². The molecule has 0 N–H and O–H groups in total. The number of aryl methyl sites for hydroxylation is 3. The molecule has 13 rings (SSSR count). The highest BCUT2D eigenvalue weighted by Gasteiger charge is 2.47. The van der Waals surface area contributed by atoms with E-state index < -0.39 is 0 Å². The van der Waals surface area contributed by atoms with Gasteiger partial charge in [-0.1, -0.05) is 152 Å². The van der Waals surface area contributed by atoms with E-state index in [1.807, 2.05) is 0 Å². The highest BCUT2D eigenvalue weighted by atomic mass is 16.3. The molecule has 4 nitrogen and oxygen atoms in total. The summed E-state index contributed by atoms with van der Waals surface area (Å²) >= 11 is 0. The molecule has 0 spiro atoms.